The van der Waals surface area contributed by atoms with Gasteiger partial charge in [-0.3, -0.25) is 0 Å². The van der Waals surface area contributed by atoms with E-state index in [4.69, 9.17) is 4.42 Å². The summed E-state index contributed by atoms with van der Waals surface area (Å²) in [6.45, 7) is 0.903. The maximum Gasteiger partial charge on any atom is 0.317 e. The Morgan fingerprint density at radius 3 is 3.18 bits per heavy atom. The first-order valence-electron chi connectivity index (χ1n) is 5.14. The minimum absolute atomic E-state index is 0.144. The molecule has 0 aliphatic heterocycles. The van der Waals surface area contributed by atoms with E-state index < -0.39 is 0 Å². The first-order chi connectivity index (χ1) is 8.25. The second kappa shape index (κ2) is 5.49. The molecule has 0 radical (unpaired) electrons. The Bertz CT molecular complexity index is 453. The summed E-state index contributed by atoms with van der Waals surface area (Å²) in [7, 11) is 1.72. The van der Waals surface area contributed by atoms with Gasteiger partial charge in [-0.2, -0.15) is 0 Å². The average Bonchev–Trinajstić information content (AvgIpc) is 2.98. The van der Waals surface area contributed by atoms with Crippen LogP contribution in [0.15, 0.2) is 33.7 Å². The fourth-order valence-corrected chi connectivity index (χ4v) is 1.89. The summed E-state index contributed by atoms with van der Waals surface area (Å²) < 4.78 is 5.17. The zero-order valence-electron chi connectivity index (χ0n) is 9.42. The largest absolute Gasteiger partial charge is 0.467 e. The fourth-order valence-electron chi connectivity index (χ4n) is 1.33. The summed E-state index contributed by atoms with van der Waals surface area (Å²) in [6, 6.07) is 3.50. The van der Waals surface area contributed by atoms with Crippen molar-refractivity contribution in [1.82, 2.24) is 15.2 Å². The lowest BCUT2D eigenvalue weighted by Gasteiger charge is -2.16. The van der Waals surface area contributed by atoms with Crippen molar-refractivity contribution in [3.8, 4) is 0 Å². The molecular weight excluding hydrogens is 238 g/mol. The van der Waals surface area contributed by atoms with Crippen LogP contribution in [0.2, 0.25) is 0 Å². The molecule has 2 aromatic rings. The molecule has 2 aromatic heterocycles. The molecule has 90 valence electrons. The number of hydrogen-bond acceptors (Lipinski definition) is 4. The van der Waals surface area contributed by atoms with Gasteiger partial charge in [0, 0.05) is 12.4 Å². The van der Waals surface area contributed by atoms with E-state index >= 15 is 0 Å². The van der Waals surface area contributed by atoms with Crippen LogP contribution < -0.4 is 5.32 Å². The summed E-state index contributed by atoms with van der Waals surface area (Å²) in [4.78, 5) is 17.4. The highest BCUT2D eigenvalue weighted by Gasteiger charge is 2.10. The quantitative estimate of drug-likeness (QED) is 0.905. The molecule has 0 saturated heterocycles. The fraction of sp³-hybridized carbons (Fsp3) is 0.273. The van der Waals surface area contributed by atoms with E-state index in [-0.39, 0.29) is 6.03 Å². The zero-order valence-corrected chi connectivity index (χ0v) is 10.2. The highest BCUT2D eigenvalue weighted by molar-refractivity contribution is 7.07. The minimum atomic E-state index is -0.144. The summed E-state index contributed by atoms with van der Waals surface area (Å²) in [5.41, 5.74) is 2.61. The molecule has 1 N–H and O–H groups in total. The molecule has 0 aliphatic rings. The van der Waals surface area contributed by atoms with E-state index in [1.165, 1.54) is 11.3 Å². The van der Waals surface area contributed by atoms with Gasteiger partial charge in [0.15, 0.2) is 0 Å². The standard InChI is InChI=1S/C11H13N3O2S/c1-14(6-10-3-2-4-16-10)11(15)12-5-9-7-17-8-13-9/h2-4,7-8H,5-6H2,1H3,(H,12,15). The normalized spacial score (nSPS) is 10.2. The van der Waals surface area contributed by atoms with Crippen LogP contribution in [0.4, 0.5) is 4.79 Å². The monoisotopic (exact) mass is 251 g/mol. The van der Waals surface area contributed by atoms with Crippen LogP contribution in [0.25, 0.3) is 0 Å². The number of thiazole rings is 1. The molecule has 2 heterocycles. The molecule has 0 atom stereocenters. The predicted octanol–water partition coefficient (Wildman–Crippen LogP) is 2.08. The number of furan rings is 1. The molecule has 2 amide bonds. The number of carbonyl (C=O) groups is 1. The Kier molecular flexibility index (Phi) is 3.77. The van der Waals surface area contributed by atoms with Crippen molar-refractivity contribution in [2.24, 2.45) is 0 Å². The van der Waals surface area contributed by atoms with E-state index in [1.807, 2.05) is 11.4 Å². The van der Waals surface area contributed by atoms with Crippen molar-refractivity contribution < 1.29 is 9.21 Å². The van der Waals surface area contributed by atoms with Crippen LogP contribution in [0.1, 0.15) is 11.5 Å². The van der Waals surface area contributed by atoms with Crippen molar-refractivity contribution in [3.05, 3.63) is 40.7 Å². The molecule has 2 rings (SSSR count). The molecule has 0 spiro atoms. The highest BCUT2D eigenvalue weighted by Crippen LogP contribution is 2.04. The number of nitrogens with zero attached hydrogens (tertiary/aromatic N) is 2. The Balaban J connectivity index is 1.79. The minimum Gasteiger partial charge on any atom is -0.467 e. The van der Waals surface area contributed by atoms with Gasteiger partial charge in [0.25, 0.3) is 0 Å². The van der Waals surface area contributed by atoms with E-state index in [1.54, 1.807) is 29.8 Å². The molecule has 0 aliphatic carbocycles. The summed E-state index contributed by atoms with van der Waals surface area (Å²) in [5.74, 6) is 0.760. The SMILES string of the molecule is CN(Cc1ccco1)C(=O)NCc1cscn1. The van der Waals surface area contributed by atoms with E-state index in [0.717, 1.165) is 11.5 Å². The highest BCUT2D eigenvalue weighted by atomic mass is 32.1. The van der Waals surface area contributed by atoms with Gasteiger partial charge in [-0.25, -0.2) is 9.78 Å². The van der Waals surface area contributed by atoms with Gasteiger partial charge in [-0.1, -0.05) is 0 Å². The maximum absolute atomic E-state index is 11.7. The van der Waals surface area contributed by atoms with Crippen LogP contribution >= 0.6 is 11.3 Å². The average molecular weight is 251 g/mol. The van der Waals surface area contributed by atoms with Gasteiger partial charge >= 0.3 is 6.03 Å². The van der Waals surface area contributed by atoms with Crippen molar-refractivity contribution in [1.29, 1.82) is 0 Å². The van der Waals surface area contributed by atoms with E-state index in [0.29, 0.717) is 13.1 Å². The number of carbonyl (C=O) groups excluding carboxylic acids is 1. The lowest BCUT2D eigenvalue weighted by molar-refractivity contribution is 0.202. The van der Waals surface area contributed by atoms with Crippen molar-refractivity contribution >= 4 is 17.4 Å². The summed E-state index contributed by atoms with van der Waals surface area (Å²) in [5, 5.41) is 4.70. The van der Waals surface area contributed by atoms with E-state index in [2.05, 4.69) is 10.3 Å². The second-order valence-electron chi connectivity index (χ2n) is 3.57. The number of nitrogens with one attached hydrogen (secondary N) is 1. The van der Waals surface area contributed by atoms with E-state index in [9.17, 15) is 4.79 Å². The molecule has 0 fully saturated rings. The molecule has 0 unspecified atom stereocenters. The lowest BCUT2D eigenvalue weighted by Crippen LogP contribution is -2.36. The molecule has 0 aromatic carbocycles. The Morgan fingerprint density at radius 1 is 1.65 bits per heavy atom. The number of rotatable bonds is 4. The molecule has 5 nitrogen and oxygen atoms in total. The smallest absolute Gasteiger partial charge is 0.317 e. The molecular formula is C11H13N3O2S. The first-order valence-corrected chi connectivity index (χ1v) is 6.08. The zero-order chi connectivity index (χ0) is 12.1. The third-order valence-electron chi connectivity index (χ3n) is 2.22. The van der Waals surface area contributed by atoms with Gasteiger partial charge in [0.05, 0.1) is 30.6 Å². The Labute approximate surface area is 103 Å². The molecule has 17 heavy (non-hydrogen) atoms. The first kappa shape index (κ1) is 11.7. The number of aromatic nitrogens is 1. The topological polar surface area (TPSA) is 58.4 Å². The number of amides is 2. The van der Waals surface area contributed by atoms with Crippen LogP contribution in [0, 0.1) is 0 Å². The second-order valence-corrected chi connectivity index (χ2v) is 4.29. The maximum atomic E-state index is 11.7. The lowest BCUT2D eigenvalue weighted by atomic mass is 10.4. The van der Waals surface area contributed by atoms with Crippen LogP contribution in [0.3, 0.4) is 0 Å². The van der Waals surface area contributed by atoms with Crippen LogP contribution in [0.5, 0.6) is 0 Å². The van der Waals surface area contributed by atoms with Gasteiger partial charge in [-0.15, -0.1) is 11.3 Å². The van der Waals surface area contributed by atoms with Gasteiger partial charge in [0.2, 0.25) is 0 Å². The van der Waals surface area contributed by atoms with Gasteiger partial charge in [-0.05, 0) is 12.1 Å². The molecule has 6 heteroatoms. The van der Waals surface area contributed by atoms with Crippen molar-refractivity contribution in [2.45, 2.75) is 13.1 Å². The van der Waals surface area contributed by atoms with Gasteiger partial charge < -0.3 is 14.6 Å². The summed E-state index contributed by atoms with van der Waals surface area (Å²) >= 11 is 1.51. The third-order valence-corrected chi connectivity index (χ3v) is 2.86. The van der Waals surface area contributed by atoms with Crippen molar-refractivity contribution in [3.63, 3.8) is 0 Å². The Morgan fingerprint density at radius 2 is 2.53 bits per heavy atom. The number of hydrogen-bond donors (Lipinski definition) is 1. The van der Waals surface area contributed by atoms with Gasteiger partial charge in [0.1, 0.15) is 5.76 Å². The van der Waals surface area contributed by atoms with Crippen LogP contribution in [-0.4, -0.2) is 23.0 Å². The van der Waals surface area contributed by atoms with Crippen LogP contribution in [-0.2, 0) is 13.1 Å². The molecule has 0 bridgehead atoms. The summed E-state index contributed by atoms with van der Waals surface area (Å²) in [6.07, 6.45) is 1.59. The number of urea groups is 1. The third kappa shape index (κ3) is 3.32. The molecule has 0 saturated carbocycles. The van der Waals surface area contributed by atoms with Crippen molar-refractivity contribution in [2.75, 3.05) is 7.05 Å². The predicted molar refractivity (Wildman–Crippen MR) is 64.5 cm³/mol. The Hall–Kier alpha value is -1.82.